The summed E-state index contributed by atoms with van der Waals surface area (Å²) in [5, 5.41) is 18.4. The highest BCUT2D eigenvalue weighted by molar-refractivity contribution is 7.86. The molecular formula is C34H36N4O14S5. The fourth-order valence-electron chi connectivity index (χ4n) is 6.01. The number of hydrogen-bond acceptors (Lipinski definition) is 14. The first-order chi connectivity index (χ1) is 26.7. The standard InChI is InChI=1S/C34H36N4O14S5/c1-3-20(17-22-8-7-21-16-19(2)6-9-23(21)35(22)11-4-5-14-56(46,47)48)27-30(44)36(13-15-57(49,50)51)33(54-27)28-31(45)38(18-25(41)42)32(55-28)26-29(43)37(34(53)52-26)12-10-24(39)40/h6-9,16-17H,3-5,10-15,18H2,1-2H3,(H,39,40)(H,41,42)(H,46,47,48)(H,49,50,51)/b22-17?,27-20?,32-26+,33-28+. The fraction of sp³-hybridized carbons (Fsp3) is 0.353. The summed E-state index contributed by atoms with van der Waals surface area (Å²) in [4.78, 5) is 67.4. The average molecular weight is 885 g/mol. The van der Waals surface area contributed by atoms with Gasteiger partial charge in [-0.1, -0.05) is 24.6 Å². The number of fused-ring (bicyclic) bond motifs is 1. The van der Waals surface area contributed by atoms with Gasteiger partial charge in [0.1, 0.15) is 20.4 Å². The van der Waals surface area contributed by atoms with Crippen LogP contribution >= 0.6 is 34.9 Å². The number of ether oxygens (including phenoxy) is 1. The lowest BCUT2D eigenvalue weighted by Gasteiger charge is -2.31. The maximum absolute atomic E-state index is 14.2. The van der Waals surface area contributed by atoms with Gasteiger partial charge >= 0.3 is 11.9 Å². The van der Waals surface area contributed by atoms with Crippen molar-refractivity contribution in [2.24, 2.45) is 0 Å². The molecule has 306 valence electrons. The van der Waals surface area contributed by atoms with Crippen molar-refractivity contribution in [3.8, 4) is 0 Å². The van der Waals surface area contributed by atoms with E-state index in [9.17, 15) is 55.0 Å². The molecule has 0 saturated carbocycles. The maximum Gasteiger partial charge on any atom is 0.323 e. The number of allylic oxidation sites excluding steroid dienone is 2. The van der Waals surface area contributed by atoms with Crippen LogP contribution in [0.2, 0.25) is 0 Å². The highest BCUT2D eigenvalue weighted by Crippen LogP contribution is 2.33. The molecule has 5 rings (SSSR count). The number of aryl methyl sites for hydroxylation is 1. The van der Waals surface area contributed by atoms with Gasteiger partial charge in [-0.05, 0) is 73.8 Å². The first kappa shape index (κ1) is 43.3. The molecule has 1 amide bonds. The SMILES string of the molecule is CCC(C=C1C=Cc2cc(C)ccc2N1CCCCS(=O)(=O)O)=c1s/c(=c2/s/c(=C3/OC(=S)N(CCC(=O)O)C3=O)n(CC(=O)O)c2=O)n(CCS(=O)(=O)O)c1=O. The van der Waals surface area contributed by atoms with E-state index in [1.807, 2.05) is 42.2 Å². The minimum absolute atomic E-state index is 0.0748. The molecule has 2 aliphatic heterocycles. The number of carboxylic acids is 2. The van der Waals surface area contributed by atoms with Crippen LogP contribution in [0.5, 0.6) is 0 Å². The Morgan fingerprint density at radius 2 is 1.56 bits per heavy atom. The van der Waals surface area contributed by atoms with E-state index in [0.717, 1.165) is 37.6 Å². The monoisotopic (exact) mass is 884 g/mol. The van der Waals surface area contributed by atoms with Crippen molar-refractivity contribution in [3.05, 3.63) is 86.3 Å². The van der Waals surface area contributed by atoms with Crippen molar-refractivity contribution in [2.75, 3.05) is 29.5 Å². The molecule has 2 aromatic heterocycles. The lowest BCUT2D eigenvalue weighted by atomic mass is 10.0. The molecule has 4 N–H and O–H groups in total. The number of thiocarbonyl (C=S) groups is 1. The van der Waals surface area contributed by atoms with Crippen molar-refractivity contribution in [2.45, 2.75) is 52.6 Å². The van der Waals surface area contributed by atoms with Gasteiger partial charge in [0.15, 0.2) is 0 Å². The number of amides is 1. The quantitative estimate of drug-likeness (QED) is 0.0946. The average Bonchev–Trinajstić information content (AvgIpc) is 3.71. The van der Waals surface area contributed by atoms with Gasteiger partial charge in [-0.15, -0.1) is 22.7 Å². The van der Waals surface area contributed by atoms with Crippen molar-refractivity contribution >= 4 is 101 Å². The summed E-state index contributed by atoms with van der Waals surface area (Å²) in [6, 6.07) is 5.77. The third kappa shape index (κ3) is 10.2. The minimum atomic E-state index is -4.64. The van der Waals surface area contributed by atoms with Gasteiger partial charge in [0, 0.05) is 31.0 Å². The van der Waals surface area contributed by atoms with Crippen LogP contribution in [-0.4, -0.2) is 97.8 Å². The second-order valence-electron chi connectivity index (χ2n) is 12.8. The predicted octanol–water partition coefficient (Wildman–Crippen LogP) is 1.07. The van der Waals surface area contributed by atoms with Crippen molar-refractivity contribution < 1.29 is 55.3 Å². The molecule has 18 nitrogen and oxygen atoms in total. The smallest absolute Gasteiger partial charge is 0.323 e. The molecule has 4 heterocycles. The number of benzene rings is 1. The number of aliphatic carboxylic acids is 2. The number of carbonyl (C=O) groups is 3. The van der Waals surface area contributed by atoms with E-state index in [1.54, 1.807) is 13.0 Å². The molecular weight excluding hydrogens is 849 g/mol. The van der Waals surface area contributed by atoms with E-state index in [0.29, 0.717) is 40.1 Å². The largest absolute Gasteiger partial charge is 0.481 e. The van der Waals surface area contributed by atoms with Crippen LogP contribution in [0, 0.1) is 16.1 Å². The summed E-state index contributed by atoms with van der Waals surface area (Å²) in [5.74, 6) is -5.57. The van der Waals surface area contributed by atoms with Crippen LogP contribution in [-0.2, 0) is 52.4 Å². The van der Waals surface area contributed by atoms with Gasteiger partial charge in [-0.2, -0.15) is 16.8 Å². The Bertz CT molecular complexity index is 2810. The van der Waals surface area contributed by atoms with Crippen molar-refractivity contribution in [3.63, 3.8) is 0 Å². The number of carbonyl (C=O) groups excluding carboxylic acids is 1. The molecule has 0 atom stereocenters. The molecule has 0 aliphatic carbocycles. The molecule has 1 fully saturated rings. The molecule has 2 aliphatic rings. The van der Waals surface area contributed by atoms with Gasteiger partial charge in [0.2, 0.25) is 5.76 Å². The molecule has 23 heteroatoms. The summed E-state index contributed by atoms with van der Waals surface area (Å²) in [7, 11) is -8.82. The van der Waals surface area contributed by atoms with Gasteiger partial charge in [0.05, 0.1) is 22.5 Å². The molecule has 1 aromatic carbocycles. The Hall–Kier alpha value is -4.78. The number of thiazole rings is 2. The Kier molecular flexibility index (Phi) is 13.2. The summed E-state index contributed by atoms with van der Waals surface area (Å²) < 4.78 is 71.9. The van der Waals surface area contributed by atoms with Crippen molar-refractivity contribution in [1.82, 2.24) is 14.0 Å². The van der Waals surface area contributed by atoms with Crippen LogP contribution in [0.4, 0.5) is 5.69 Å². The summed E-state index contributed by atoms with van der Waals surface area (Å²) in [5.41, 5.74) is 2.01. The van der Waals surface area contributed by atoms with E-state index < -0.39 is 91.2 Å². The van der Waals surface area contributed by atoms with Gasteiger partial charge < -0.3 is 19.8 Å². The second kappa shape index (κ2) is 17.4. The third-order valence-electron chi connectivity index (χ3n) is 8.67. The van der Waals surface area contributed by atoms with Crippen LogP contribution < -0.4 is 25.2 Å². The summed E-state index contributed by atoms with van der Waals surface area (Å²) in [6.07, 6.45) is 5.67. The van der Waals surface area contributed by atoms with Gasteiger partial charge in [-0.25, -0.2) is 0 Å². The Labute approximate surface area is 337 Å². The number of nitrogens with zero attached hydrogens (tertiary/aromatic N) is 4. The predicted molar refractivity (Wildman–Crippen MR) is 214 cm³/mol. The number of unbranched alkanes of at least 4 members (excludes halogenated alkanes) is 1. The molecule has 1 saturated heterocycles. The lowest BCUT2D eigenvalue weighted by Crippen LogP contribution is -2.34. The number of hydrogen-bond donors (Lipinski definition) is 4. The summed E-state index contributed by atoms with van der Waals surface area (Å²) >= 11 is 6.49. The highest BCUT2D eigenvalue weighted by atomic mass is 32.2. The van der Waals surface area contributed by atoms with E-state index in [2.05, 4.69) is 0 Å². The Morgan fingerprint density at radius 3 is 2.19 bits per heavy atom. The van der Waals surface area contributed by atoms with Crippen molar-refractivity contribution in [1.29, 1.82) is 0 Å². The first-order valence-corrected chi connectivity index (χ1v) is 22.3. The van der Waals surface area contributed by atoms with Gasteiger partial charge in [0.25, 0.3) is 42.4 Å². The van der Waals surface area contributed by atoms with E-state index in [-0.39, 0.29) is 37.8 Å². The molecule has 0 radical (unpaired) electrons. The minimum Gasteiger partial charge on any atom is -0.481 e. The van der Waals surface area contributed by atoms with E-state index >= 15 is 0 Å². The Morgan fingerprint density at radius 1 is 0.860 bits per heavy atom. The van der Waals surface area contributed by atoms with Crippen LogP contribution in [0.1, 0.15) is 43.7 Å². The molecule has 0 unspecified atom stereocenters. The normalized spacial score (nSPS) is 17.3. The Balaban J connectivity index is 1.79. The molecule has 0 spiro atoms. The topological polar surface area (TPSA) is 260 Å². The zero-order chi connectivity index (χ0) is 42.0. The molecule has 0 bridgehead atoms. The zero-order valence-corrected chi connectivity index (χ0v) is 34.3. The lowest BCUT2D eigenvalue weighted by molar-refractivity contribution is -0.138. The number of anilines is 1. The number of carboxylic acid groups (broad SMARTS) is 2. The first-order valence-electron chi connectivity index (χ1n) is 17.1. The fourth-order valence-corrected chi connectivity index (χ4v) is 9.75. The maximum atomic E-state index is 14.2. The van der Waals surface area contributed by atoms with E-state index in [1.165, 1.54) is 0 Å². The zero-order valence-electron chi connectivity index (χ0n) is 30.2. The van der Waals surface area contributed by atoms with Gasteiger partial charge in [-0.3, -0.25) is 47.1 Å². The van der Waals surface area contributed by atoms with Crippen LogP contribution in [0.3, 0.4) is 0 Å². The number of aromatic nitrogens is 2. The second-order valence-corrected chi connectivity index (χ2v) is 18.3. The highest BCUT2D eigenvalue weighted by Gasteiger charge is 2.36. The third-order valence-corrected chi connectivity index (χ3v) is 13.0. The van der Waals surface area contributed by atoms with Crippen LogP contribution in [0.25, 0.3) is 17.4 Å². The van der Waals surface area contributed by atoms with Crippen LogP contribution in [0.15, 0.2) is 45.6 Å². The number of rotatable bonds is 15. The molecule has 57 heavy (non-hydrogen) atoms. The molecule has 3 aromatic rings. The summed E-state index contributed by atoms with van der Waals surface area (Å²) in [6.45, 7) is 2.05. The van der Waals surface area contributed by atoms with E-state index in [4.69, 9.17) is 22.1 Å².